The predicted molar refractivity (Wildman–Crippen MR) is 193 cm³/mol. The van der Waals surface area contributed by atoms with Gasteiger partial charge in [-0.3, -0.25) is 0 Å². The molecule has 0 aromatic heterocycles. The maximum absolute atomic E-state index is 4.20. The van der Waals surface area contributed by atoms with E-state index in [0.717, 1.165) is 11.1 Å². The number of fused-ring (bicyclic) bond motifs is 6. The highest BCUT2D eigenvalue weighted by atomic mass is 14.2. The average molecular weight is 559 g/mol. The highest BCUT2D eigenvalue weighted by Gasteiger charge is 2.14. The second-order valence-corrected chi connectivity index (χ2v) is 11.4. The summed E-state index contributed by atoms with van der Waals surface area (Å²) in [6.45, 7) is 8.40. The van der Waals surface area contributed by atoms with Crippen LogP contribution in [-0.4, -0.2) is 0 Å². The third-order valence-electron chi connectivity index (χ3n) is 8.99. The first-order valence-corrected chi connectivity index (χ1v) is 15.1. The number of rotatable bonds is 5. The van der Waals surface area contributed by atoms with Crippen molar-refractivity contribution in [3.8, 4) is 33.4 Å². The fraction of sp³-hybridized carbons (Fsp3) is 0. The van der Waals surface area contributed by atoms with E-state index in [9.17, 15) is 0 Å². The van der Waals surface area contributed by atoms with Crippen molar-refractivity contribution in [2.24, 2.45) is 0 Å². The number of hydrogen-bond donors (Lipinski definition) is 0. The summed E-state index contributed by atoms with van der Waals surface area (Å²) in [6.07, 6.45) is 3.94. The van der Waals surface area contributed by atoms with Crippen LogP contribution in [0.25, 0.3) is 88.6 Å². The van der Waals surface area contributed by atoms with Crippen molar-refractivity contribution in [2.75, 3.05) is 0 Å². The lowest BCUT2D eigenvalue weighted by Crippen LogP contribution is -1.91. The molecule has 8 rings (SSSR count). The molecule has 8 aromatic carbocycles. The first-order chi connectivity index (χ1) is 21.7. The zero-order valence-electron chi connectivity index (χ0n) is 24.4. The topological polar surface area (TPSA) is 0 Å². The highest BCUT2D eigenvalue weighted by Crippen LogP contribution is 2.40. The Morgan fingerprint density at radius 2 is 0.864 bits per heavy atom. The first-order valence-electron chi connectivity index (χ1n) is 15.1. The zero-order chi connectivity index (χ0) is 29.6. The molecule has 0 aliphatic heterocycles. The highest BCUT2D eigenvalue weighted by molar-refractivity contribution is 6.17. The van der Waals surface area contributed by atoms with E-state index in [0.29, 0.717) is 0 Å². The molecule has 0 fully saturated rings. The van der Waals surface area contributed by atoms with Gasteiger partial charge in [0.1, 0.15) is 0 Å². The van der Waals surface area contributed by atoms with Crippen LogP contribution in [0.1, 0.15) is 11.1 Å². The maximum Gasteiger partial charge on any atom is -0.00928 e. The maximum atomic E-state index is 4.20. The Hall–Kier alpha value is -5.72. The lowest BCUT2D eigenvalue weighted by atomic mass is 9.87. The molecule has 0 saturated carbocycles. The van der Waals surface area contributed by atoms with Gasteiger partial charge in [0, 0.05) is 0 Å². The second-order valence-electron chi connectivity index (χ2n) is 11.4. The lowest BCUT2D eigenvalue weighted by Gasteiger charge is -2.16. The molecule has 0 atom stereocenters. The summed E-state index contributed by atoms with van der Waals surface area (Å²) in [4.78, 5) is 0. The van der Waals surface area contributed by atoms with Crippen LogP contribution in [0.4, 0.5) is 0 Å². The molecule has 0 heterocycles. The Labute approximate surface area is 257 Å². The third-order valence-corrected chi connectivity index (χ3v) is 8.99. The van der Waals surface area contributed by atoms with Gasteiger partial charge < -0.3 is 0 Å². The Morgan fingerprint density at radius 3 is 1.66 bits per heavy atom. The molecule has 0 nitrogen and oxygen atoms in total. The van der Waals surface area contributed by atoms with Crippen LogP contribution in [-0.2, 0) is 0 Å². The molecule has 0 amide bonds. The van der Waals surface area contributed by atoms with Crippen LogP contribution in [0.2, 0.25) is 0 Å². The molecule has 0 saturated heterocycles. The normalized spacial score (nSPS) is 11.4. The summed E-state index contributed by atoms with van der Waals surface area (Å²) in [5.41, 5.74) is 9.51. The predicted octanol–water partition coefficient (Wildman–Crippen LogP) is 12.6. The Morgan fingerprint density at radius 1 is 0.318 bits per heavy atom. The van der Waals surface area contributed by atoms with Crippen LogP contribution < -0.4 is 0 Å². The van der Waals surface area contributed by atoms with E-state index < -0.39 is 0 Å². The second kappa shape index (κ2) is 10.5. The smallest absolute Gasteiger partial charge is 0.00928 e. The van der Waals surface area contributed by atoms with Crippen LogP contribution in [0, 0.1) is 0 Å². The van der Waals surface area contributed by atoms with Gasteiger partial charge in [0.2, 0.25) is 0 Å². The largest absolute Gasteiger partial charge is 0.0984 e. The fourth-order valence-electron chi connectivity index (χ4n) is 6.88. The van der Waals surface area contributed by atoms with Gasteiger partial charge in [0.25, 0.3) is 0 Å². The quantitative estimate of drug-likeness (QED) is 0.184. The van der Waals surface area contributed by atoms with Crippen molar-refractivity contribution in [1.29, 1.82) is 0 Å². The van der Waals surface area contributed by atoms with E-state index in [1.165, 1.54) is 76.5 Å². The van der Waals surface area contributed by atoms with Gasteiger partial charge in [-0.25, -0.2) is 0 Å². The fourth-order valence-corrected chi connectivity index (χ4v) is 6.88. The molecule has 0 N–H and O–H groups in total. The summed E-state index contributed by atoms with van der Waals surface area (Å²) in [5.74, 6) is 0. The Balaban J connectivity index is 1.33. The van der Waals surface area contributed by atoms with Crippen molar-refractivity contribution in [3.63, 3.8) is 0 Å². The van der Waals surface area contributed by atoms with E-state index in [-0.39, 0.29) is 0 Å². The monoisotopic (exact) mass is 558 g/mol. The van der Waals surface area contributed by atoms with Crippen molar-refractivity contribution in [2.45, 2.75) is 0 Å². The summed E-state index contributed by atoms with van der Waals surface area (Å²) < 4.78 is 0. The van der Waals surface area contributed by atoms with Crippen molar-refractivity contribution in [3.05, 3.63) is 170 Å². The Bertz CT molecular complexity index is 2410. The first kappa shape index (κ1) is 25.9. The average Bonchev–Trinajstić information content (AvgIpc) is 3.10. The molecule has 0 unspecified atom stereocenters. The summed E-state index contributed by atoms with van der Waals surface area (Å²) >= 11 is 0. The summed E-state index contributed by atoms with van der Waals surface area (Å²) in [6, 6.07) is 52.9. The minimum Gasteiger partial charge on any atom is -0.0984 e. The van der Waals surface area contributed by atoms with Crippen LogP contribution in [0.15, 0.2) is 159 Å². The molecule has 8 aromatic rings. The third kappa shape index (κ3) is 4.15. The summed E-state index contributed by atoms with van der Waals surface area (Å²) in [5, 5.41) is 9.93. The van der Waals surface area contributed by atoms with Gasteiger partial charge in [-0.2, -0.15) is 0 Å². The lowest BCUT2D eigenvalue weighted by molar-refractivity contribution is 1.62. The van der Waals surface area contributed by atoms with Crippen molar-refractivity contribution < 1.29 is 0 Å². The van der Waals surface area contributed by atoms with Gasteiger partial charge in [-0.15, -0.1) is 0 Å². The van der Waals surface area contributed by atoms with Crippen LogP contribution in [0.5, 0.6) is 0 Å². The van der Waals surface area contributed by atoms with E-state index in [4.69, 9.17) is 0 Å². The number of hydrogen-bond acceptors (Lipinski definition) is 0. The van der Waals surface area contributed by atoms with E-state index in [2.05, 4.69) is 159 Å². The van der Waals surface area contributed by atoms with Crippen LogP contribution >= 0.6 is 0 Å². The molecule has 0 radical (unpaired) electrons. The standard InChI is InChI=1S/C44H30/c1-3-35-36(4-2)43-26-31(29-13-6-5-7-14-29)21-24-41(43)44-27-32(22-23-40(35)44)30-16-12-17-33(25-30)42-28-34-15-8-9-18-37(34)38-19-10-11-20-39(38)42/h3-28H,1-2H2. The molecule has 44 heavy (non-hydrogen) atoms. The Kier molecular flexibility index (Phi) is 6.21. The van der Waals surface area contributed by atoms with Gasteiger partial charge in [0.05, 0.1) is 0 Å². The molecule has 0 spiro atoms. The molecule has 0 aliphatic carbocycles. The minimum atomic E-state index is 1.12. The van der Waals surface area contributed by atoms with Crippen molar-refractivity contribution in [1.82, 2.24) is 0 Å². The van der Waals surface area contributed by atoms with Crippen LogP contribution in [0.3, 0.4) is 0 Å². The van der Waals surface area contributed by atoms with Gasteiger partial charge in [0.15, 0.2) is 0 Å². The van der Waals surface area contributed by atoms with Gasteiger partial charge in [-0.05, 0) is 112 Å². The minimum absolute atomic E-state index is 1.12. The van der Waals surface area contributed by atoms with E-state index in [1.54, 1.807) is 0 Å². The SMILES string of the molecule is C=Cc1c(C=C)c2ccc(-c3cccc(-c4cc5ccccc5c5ccccc45)c3)cc2c2ccc(-c3ccccc3)cc12. The molecule has 0 bridgehead atoms. The molecule has 0 heteroatoms. The van der Waals surface area contributed by atoms with E-state index >= 15 is 0 Å². The molecular weight excluding hydrogens is 528 g/mol. The van der Waals surface area contributed by atoms with Gasteiger partial charge in [-0.1, -0.05) is 147 Å². The molecule has 0 aliphatic rings. The zero-order valence-corrected chi connectivity index (χ0v) is 24.4. The molecule has 206 valence electrons. The van der Waals surface area contributed by atoms with E-state index in [1.807, 2.05) is 12.2 Å². The molecular formula is C44H30. The summed E-state index contributed by atoms with van der Waals surface area (Å²) in [7, 11) is 0. The van der Waals surface area contributed by atoms with Gasteiger partial charge >= 0.3 is 0 Å². The number of benzene rings is 8. The van der Waals surface area contributed by atoms with Crippen molar-refractivity contribution >= 4 is 55.2 Å².